The third-order valence-corrected chi connectivity index (χ3v) is 1.61. The summed E-state index contributed by atoms with van der Waals surface area (Å²) in [5.74, 6) is 0.763. The highest BCUT2D eigenvalue weighted by Gasteiger charge is 2.09. The number of rotatable bonds is 2. The Hall–Kier alpha value is -1.09. The van der Waals surface area contributed by atoms with Gasteiger partial charge in [0.05, 0.1) is 0 Å². The van der Waals surface area contributed by atoms with Crippen LogP contribution in [0.1, 0.15) is 13.8 Å². The lowest BCUT2D eigenvalue weighted by atomic mass is 10.1. The highest BCUT2D eigenvalue weighted by molar-refractivity contribution is 5.96. The Morgan fingerprint density at radius 2 is 2.33 bits per heavy atom. The molecule has 1 aliphatic heterocycles. The molecule has 0 unspecified atom stereocenters. The monoisotopic (exact) mass is 168 g/mol. The molecule has 0 saturated carbocycles. The topological polar surface area (TPSA) is 35.5 Å². The number of carbonyl (C=O) groups is 1. The van der Waals surface area contributed by atoms with Crippen molar-refractivity contribution in [3.05, 3.63) is 23.5 Å². The molecule has 0 bridgehead atoms. The van der Waals surface area contributed by atoms with Crippen molar-refractivity contribution in [2.75, 3.05) is 13.4 Å². The van der Waals surface area contributed by atoms with Gasteiger partial charge in [0, 0.05) is 5.57 Å². The van der Waals surface area contributed by atoms with Crippen molar-refractivity contribution >= 4 is 5.78 Å². The molecular weight excluding hydrogens is 156 g/mol. The van der Waals surface area contributed by atoms with Crippen molar-refractivity contribution in [1.29, 1.82) is 0 Å². The van der Waals surface area contributed by atoms with Crippen LogP contribution < -0.4 is 0 Å². The van der Waals surface area contributed by atoms with Gasteiger partial charge < -0.3 is 9.47 Å². The summed E-state index contributed by atoms with van der Waals surface area (Å²) in [6.45, 7) is 4.11. The molecule has 0 spiro atoms. The molecule has 0 N–H and O–H groups in total. The van der Waals surface area contributed by atoms with Crippen LogP contribution in [0.5, 0.6) is 0 Å². The number of allylic oxidation sites excluding steroid dienone is 3. The molecule has 0 atom stereocenters. The van der Waals surface area contributed by atoms with Crippen LogP contribution >= 0.6 is 0 Å². The van der Waals surface area contributed by atoms with Gasteiger partial charge >= 0.3 is 0 Å². The molecule has 1 rings (SSSR count). The molecule has 12 heavy (non-hydrogen) atoms. The second kappa shape index (κ2) is 4.07. The molecule has 0 aromatic heterocycles. The summed E-state index contributed by atoms with van der Waals surface area (Å²) in [5, 5.41) is 0. The minimum Gasteiger partial charge on any atom is -0.469 e. The summed E-state index contributed by atoms with van der Waals surface area (Å²) in [5.41, 5.74) is 0.663. The normalized spacial score (nSPS) is 21.2. The van der Waals surface area contributed by atoms with Crippen molar-refractivity contribution in [2.45, 2.75) is 13.8 Å². The van der Waals surface area contributed by atoms with E-state index in [9.17, 15) is 4.79 Å². The first kappa shape index (κ1) is 9.00. The van der Waals surface area contributed by atoms with Gasteiger partial charge in [-0.05, 0) is 19.9 Å². The Labute approximate surface area is 71.7 Å². The zero-order valence-electron chi connectivity index (χ0n) is 7.29. The zero-order valence-corrected chi connectivity index (χ0v) is 7.29. The lowest BCUT2D eigenvalue weighted by Gasteiger charge is -1.96. The first-order chi connectivity index (χ1) is 5.74. The van der Waals surface area contributed by atoms with E-state index in [1.54, 1.807) is 12.2 Å². The predicted octanol–water partition coefficient (Wildman–Crippen LogP) is 1.41. The highest BCUT2D eigenvalue weighted by atomic mass is 16.7. The van der Waals surface area contributed by atoms with Crippen molar-refractivity contribution in [3.8, 4) is 0 Å². The van der Waals surface area contributed by atoms with Crippen molar-refractivity contribution < 1.29 is 14.3 Å². The molecule has 1 fully saturated rings. The summed E-state index contributed by atoms with van der Waals surface area (Å²) in [4.78, 5) is 11.0. The Morgan fingerprint density at radius 3 is 2.75 bits per heavy atom. The Balaban J connectivity index is 2.69. The zero-order chi connectivity index (χ0) is 8.97. The van der Waals surface area contributed by atoms with Crippen molar-refractivity contribution in [1.82, 2.24) is 0 Å². The Kier molecular flexibility index (Phi) is 3.05. The number of Topliss-reactive ketones (excluding diaryl/α,β-unsaturated/α-hetero) is 1. The lowest BCUT2D eigenvalue weighted by molar-refractivity contribution is -0.113. The predicted molar refractivity (Wildman–Crippen MR) is 44.4 cm³/mol. The number of ketones is 1. The van der Waals surface area contributed by atoms with E-state index in [4.69, 9.17) is 9.47 Å². The fourth-order valence-corrected chi connectivity index (χ4v) is 0.946. The van der Waals surface area contributed by atoms with E-state index < -0.39 is 0 Å². The molecule has 0 radical (unpaired) electrons. The third-order valence-electron chi connectivity index (χ3n) is 1.61. The van der Waals surface area contributed by atoms with Crippen LogP contribution in [0.25, 0.3) is 0 Å². The van der Waals surface area contributed by atoms with Crippen LogP contribution in [-0.2, 0) is 14.3 Å². The van der Waals surface area contributed by atoms with Crippen LogP contribution in [0.3, 0.4) is 0 Å². The summed E-state index contributed by atoms with van der Waals surface area (Å²) >= 11 is 0. The fraction of sp³-hybridized carbons (Fsp3) is 0.444. The van der Waals surface area contributed by atoms with Gasteiger partial charge in [-0.15, -0.1) is 0 Å². The summed E-state index contributed by atoms with van der Waals surface area (Å²) in [7, 11) is 0. The Bertz CT molecular complexity index is 230. The number of carbonyl (C=O) groups excluding carboxylic acids is 1. The number of hydrogen-bond acceptors (Lipinski definition) is 3. The van der Waals surface area contributed by atoms with Crippen LogP contribution in [-0.4, -0.2) is 19.2 Å². The largest absolute Gasteiger partial charge is 0.469 e. The molecule has 1 heterocycles. The van der Waals surface area contributed by atoms with Gasteiger partial charge in [-0.3, -0.25) is 4.79 Å². The maximum atomic E-state index is 11.0. The maximum absolute atomic E-state index is 11.0. The first-order valence-electron chi connectivity index (χ1n) is 3.82. The van der Waals surface area contributed by atoms with E-state index in [-0.39, 0.29) is 5.78 Å². The smallest absolute Gasteiger partial charge is 0.189 e. The van der Waals surface area contributed by atoms with E-state index >= 15 is 0 Å². The molecule has 66 valence electrons. The van der Waals surface area contributed by atoms with E-state index in [0.29, 0.717) is 19.0 Å². The van der Waals surface area contributed by atoms with Gasteiger partial charge in [-0.2, -0.15) is 0 Å². The molecule has 0 aliphatic carbocycles. The average Bonchev–Trinajstić information content (AvgIpc) is 2.51. The van der Waals surface area contributed by atoms with E-state index in [1.807, 2.05) is 6.92 Å². The quantitative estimate of drug-likeness (QED) is 0.585. The van der Waals surface area contributed by atoms with Crippen LogP contribution in [0, 0.1) is 0 Å². The minimum absolute atomic E-state index is 0.0421. The van der Waals surface area contributed by atoms with Gasteiger partial charge in [0.2, 0.25) is 0 Å². The average molecular weight is 168 g/mol. The van der Waals surface area contributed by atoms with Gasteiger partial charge in [-0.1, -0.05) is 6.08 Å². The number of ether oxygens (including phenoxy) is 2. The van der Waals surface area contributed by atoms with Gasteiger partial charge in [0.25, 0.3) is 0 Å². The summed E-state index contributed by atoms with van der Waals surface area (Å²) in [6, 6.07) is 0. The molecule has 1 saturated heterocycles. The van der Waals surface area contributed by atoms with Gasteiger partial charge in [0.15, 0.2) is 12.6 Å². The summed E-state index contributed by atoms with van der Waals surface area (Å²) < 4.78 is 10.0. The highest BCUT2D eigenvalue weighted by Crippen LogP contribution is 2.11. The molecule has 0 aromatic carbocycles. The Morgan fingerprint density at radius 1 is 1.58 bits per heavy atom. The summed E-state index contributed by atoms with van der Waals surface area (Å²) in [6.07, 6.45) is 3.48. The SMILES string of the molecule is C/C=C(\C=C1/COCO1)C(C)=O. The van der Waals surface area contributed by atoms with E-state index in [2.05, 4.69) is 0 Å². The first-order valence-corrected chi connectivity index (χ1v) is 3.82. The molecule has 3 nitrogen and oxygen atoms in total. The fourth-order valence-electron chi connectivity index (χ4n) is 0.946. The second-order valence-corrected chi connectivity index (χ2v) is 2.52. The lowest BCUT2D eigenvalue weighted by Crippen LogP contribution is -1.95. The molecule has 3 heteroatoms. The van der Waals surface area contributed by atoms with Crippen LogP contribution in [0.4, 0.5) is 0 Å². The minimum atomic E-state index is 0.0421. The van der Waals surface area contributed by atoms with Gasteiger partial charge in [-0.25, -0.2) is 0 Å². The van der Waals surface area contributed by atoms with Crippen molar-refractivity contribution in [3.63, 3.8) is 0 Å². The molecule has 1 aliphatic rings. The van der Waals surface area contributed by atoms with Crippen LogP contribution in [0.2, 0.25) is 0 Å². The second-order valence-electron chi connectivity index (χ2n) is 2.52. The van der Waals surface area contributed by atoms with Crippen LogP contribution in [0.15, 0.2) is 23.5 Å². The maximum Gasteiger partial charge on any atom is 0.189 e. The third kappa shape index (κ3) is 2.20. The standard InChI is InChI=1S/C9H12O3/c1-3-8(7(2)10)4-9-5-11-6-12-9/h3-4H,5-6H2,1-2H3/b8-3+,9-4+. The van der Waals surface area contributed by atoms with E-state index in [0.717, 1.165) is 5.76 Å². The molecule has 0 aromatic rings. The van der Waals surface area contributed by atoms with E-state index in [1.165, 1.54) is 6.92 Å². The molecule has 0 amide bonds. The van der Waals surface area contributed by atoms with Gasteiger partial charge in [0.1, 0.15) is 12.4 Å². The molecular formula is C9H12O3. The number of hydrogen-bond donors (Lipinski definition) is 0. The van der Waals surface area contributed by atoms with Crippen molar-refractivity contribution in [2.24, 2.45) is 0 Å².